The molecule has 0 amide bonds. The zero-order valence-corrected chi connectivity index (χ0v) is 13.1. The molecule has 0 fully saturated rings. The largest absolute Gasteiger partial charge is 0.495 e. The Kier molecular flexibility index (Phi) is 5.15. The lowest BCUT2D eigenvalue weighted by Gasteiger charge is -2.14. The van der Waals surface area contributed by atoms with Gasteiger partial charge >= 0.3 is 0 Å². The van der Waals surface area contributed by atoms with Gasteiger partial charge in [0.15, 0.2) is 0 Å². The first-order valence-electron chi connectivity index (χ1n) is 6.14. The first-order valence-corrected chi connectivity index (χ1v) is 6.90. The highest BCUT2D eigenvalue weighted by Crippen LogP contribution is 2.36. The summed E-state index contributed by atoms with van der Waals surface area (Å²) in [6.45, 7) is 0.415. The standard InChI is InChI=1S/C15H14Cl2FNO2/c1-20-14-7-15(21-2)13(6-12(14)17)19-8-9-3-4-10(18)5-11(9)16/h3-7,19H,8H2,1-2H3. The maximum atomic E-state index is 13.0. The zero-order chi connectivity index (χ0) is 15.4. The van der Waals surface area contributed by atoms with Crippen LogP contribution in [0.2, 0.25) is 10.0 Å². The maximum absolute atomic E-state index is 13.0. The SMILES string of the molecule is COc1cc(OC)c(NCc2ccc(F)cc2Cl)cc1Cl. The highest BCUT2D eigenvalue weighted by Gasteiger charge is 2.10. The number of hydrogen-bond donors (Lipinski definition) is 1. The monoisotopic (exact) mass is 329 g/mol. The summed E-state index contributed by atoms with van der Waals surface area (Å²) in [7, 11) is 3.09. The van der Waals surface area contributed by atoms with Crippen LogP contribution in [0.4, 0.5) is 10.1 Å². The van der Waals surface area contributed by atoms with Gasteiger partial charge in [0.1, 0.15) is 17.3 Å². The molecule has 0 saturated carbocycles. The van der Waals surface area contributed by atoms with E-state index in [0.29, 0.717) is 33.8 Å². The molecular formula is C15H14Cl2FNO2. The van der Waals surface area contributed by atoms with Gasteiger partial charge in [-0.3, -0.25) is 0 Å². The Balaban J connectivity index is 2.21. The predicted octanol–water partition coefficient (Wildman–Crippen LogP) is 4.76. The summed E-state index contributed by atoms with van der Waals surface area (Å²) >= 11 is 12.1. The smallest absolute Gasteiger partial charge is 0.145 e. The van der Waals surface area contributed by atoms with Crippen molar-refractivity contribution in [3.63, 3.8) is 0 Å². The van der Waals surface area contributed by atoms with Gasteiger partial charge in [0, 0.05) is 17.6 Å². The molecule has 0 aliphatic heterocycles. The Hall–Kier alpha value is -1.65. The van der Waals surface area contributed by atoms with Gasteiger partial charge in [0.2, 0.25) is 0 Å². The average Bonchev–Trinajstić information content (AvgIpc) is 2.46. The second-order valence-corrected chi connectivity index (χ2v) is 5.09. The molecule has 0 heterocycles. The van der Waals surface area contributed by atoms with Crippen molar-refractivity contribution in [3.8, 4) is 11.5 Å². The van der Waals surface area contributed by atoms with E-state index in [2.05, 4.69) is 5.32 Å². The van der Waals surface area contributed by atoms with Crippen molar-refractivity contribution in [2.45, 2.75) is 6.54 Å². The molecule has 21 heavy (non-hydrogen) atoms. The molecule has 0 bridgehead atoms. The van der Waals surface area contributed by atoms with Crippen molar-refractivity contribution in [3.05, 3.63) is 51.8 Å². The zero-order valence-electron chi connectivity index (χ0n) is 11.5. The van der Waals surface area contributed by atoms with Crippen LogP contribution < -0.4 is 14.8 Å². The molecule has 2 aromatic carbocycles. The van der Waals surface area contributed by atoms with Gasteiger partial charge in [-0.2, -0.15) is 0 Å². The maximum Gasteiger partial charge on any atom is 0.145 e. The van der Waals surface area contributed by atoms with Crippen LogP contribution in [0.25, 0.3) is 0 Å². The van der Waals surface area contributed by atoms with Crippen molar-refractivity contribution in [1.29, 1.82) is 0 Å². The minimum atomic E-state index is -0.367. The van der Waals surface area contributed by atoms with Crippen LogP contribution in [0, 0.1) is 5.82 Å². The number of anilines is 1. The molecule has 0 saturated heterocycles. The fraction of sp³-hybridized carbons (Fsp3) is 0.200. The fourth-order valence-corrected chi connectivity index (χ4v) is 2.33. The van der Waals surface area contributed by atoms with Gasteiger partial charge in [-0.05, 0) is 23.8 Å². The molecule has 3 nitrogen and oxygen atoms in total. The number of halogens is 3. The molecule has 0 aliphatic carbocycles. The summed E-state index contributed by atoms with van der Waals surface area (Å²) in [5.74, 6) is 0.752. The van der Waals surface area contributed by atoms with Crippen LogP contribution in [0.15, 0.2) is 30.3 Å². The Labute approximate surface area is 132 Å². The third-order valence-electron chi connectivity index (χ3n) is 2.96. The molecule has 0 atom stereocenters. The van der Waals surface area contributed by atoms with E-state index in [4.69, 9.17) is 32.7 Å². The van der Waals surface area contributed by atoms with Gasteiger partial charge in [-0.1, -0.05) is 29.3 Å². The summed E-state index contributed by atoms with van der Waals surface area (Å²) in [5, 5.41) is 3.99. The van der Waals surface area contributed by atoms with E-state index in [9.17, 15) is 4.39 Å². The van der Waals surface area contributed by atoms with Crippen molar-refractivity contribution in [2.75, 3.05) is 19.5 Å². The van der Waals surface area contributed by atoms with Crippen molar-refractivity contribution < 1.29 is 13.9 Å². The second kappa shape index (κ2) is 6.87. The molecule has 0 aliphatic rings. The van der Waals surface area contributed by atoms with Crippen LogP contribution in [0.5, 0.6) is 11.5 Å². The molecule has 2 rings (SSSR count). The normalized spacial score (nSPS) is 10.3. The van der Waals surface area contributed by atoms with E-state index in [1.165, 1.54) is 19.2 Å². The van der Waals surface area contributed by atoms with Crippen molar-refractivity contribution in [1.82, 2.24) is 0 Å². The first-order chi connectivity index (χ1) is 10.0. The fourth-order valence-electron chi connectivity index (χ4n) is 1.85. The van der Waals surface area contributed by atoms with Crippen LogP contribution in [0.3, 0.4) is 0 Å². The lowest BCUT2D eigenvalue weighted by molar-refractivity contribution is 0.395. The van der Waals surface area contributed by atoms with E-state index >= 15 is 0 Å². The van der Waals surface area contributed by atoms with Crippen LogP contribution >= 0.6 is 23.2 Å². The Morgan fingerprint density at radius 1 is 1.00 bits per heavy atom. The highest BCUT2D eigenvalue weighted by molar-refractivity contribution is 6.32. The molecule has 0 aromatic heterocycles. The summed E-state index contributed by atoms with van der Waals surface area (Å²) in [5.41, 5.74) is 1.47. The summed E-state index contributed by atoms with van der Waals surface area (Å²) in [6.07, 6.45) is 0. The molecular weight excluding hydrogens is 316 g/mol. The molecule has 6 heteroatoms. The van der Waals surface area contributed by atoms with Gasteiger partial charge < -0.3 is 14.8 Å². The van der Waals surface area contributed by atoms with Gasteiger partial charge in [0.25, 0.3) is 0 Å². The molecule has 112 valence electrons. The molecule has 0 unspecified atom stereocenters. The van der Waals surface area contributed by atoms with Crippen LogP contribution in [-0.2, 0) is 6.54 Å². The third-order valence-corrected chi connectivity index (χ3v) is 3.61. The summed E-state index contributed by atoms with van der Waals surface area (Å²) in [6, 6.07) is 7.66. The minimum absolute atomic E-state index is 0.362. The van der Waals surface area contributed by atoms with E-state index in [-0.39, 0.29) is 5.82 Å². The number of rotatable bonds is 5. The minimum Gasteiger partial charge on any atom is -0.495 e. The van der Waals surface area contributed by atoms with Gasteiger partial charge in [-0.25, -0.2) is 4.39 Å². The quantitative estimate of drug-likeness (QED) is 0.857. The van der Waals surface area contributed by atoms with Crippen molar-refractivity contribution >= 4 is 28.9 Å². The molecule has 1 N–H and O–H groups in total. The summed E-state index contributed by atoms with van der Waals surface area (Å²) < 4.78 is 23.4. The number of benzene rings is 2. The summed E-state index contributed by atoms with van der Waals surface area (Å²) in [4.78, 5) is 0. The van der Waals surface area contributed by atoms with E-state index < -0.39 is 0 Å². The number of nitrogens with one attached hydrogen (secondary N) is 1. The second-order valence-electron chi connectivity index (χ2n) is 4.28. The lowest BCUT2D eigenvalue weighted by Crippen LogP contribution is -2.03. The van der Waals surface area contributed by atoms with Crippen molar-refractivity contribution in [2.24, 2.45) is 0 Å². The van der Waals surface area contributed by atoms with Crippen LogP contribution in [0.1, 0.15) is 5.56 Å². The van der Waals surface area contributed by atoms with E-state index in [0.717, 1.165) is 5.56 Å². The molecule has 2 aromatic rings. The Morgan fingerprint density at radius 3 is 2.33 bits per heavy atom. The van der Waals surface area contributed by atoms with Gasteiger partial charge in [-0.15, -0.1) is 0 Å². The van der Waals surface area contributed by atoms with E-state index in [1.807, 2.05) is 0 Å². The number of ether oxygens (including phenoxy) is 2. The Morgan fingerprint density at radius 2 is 1.71 bits per heavy atom. The first kappa shape index (κ1) is 15.7. The molecule has 0 spiro atoms. The molecule has 0 radical (unpaired) electrons. The number of hydrogen-bond acceptors (Lipinski definition) is 3. The van der Waals surface area contributed by atoms with Gasteiger partial charge in [0.05, 0.1) is 24.9 Å². The third kappa shape index (κ3) is 3.71. The lowest BCUT2D eigenvalue weighted by atomic mass is 10.2. The number of methoxy groups -OCH3 is 2. The predicted molar refractivity (Wildman–Crippen MR) is 83.3 cm³/mol. The Bertz CT molecular complexity index is 650. The topological polar surface area (TPSA) is 30.5 Å². The van der Waals surface area contributed by atoms with E-state index in [1.54, 1.807) is 25.3 Å². The highest BCUT2D eigenvalue weighted by atomic mass is 35.5. The average molecular weight is 330 g/mol. The van der Waals surface area contributed by atoms with Crippen LogP contribution in [-0.4, -0.2) is 14.2 Å².